The third-order valence-corrected chi connectivity index (χ3v) is 5.20. The number of aromatic hydroxyl groups is 1. The fraction of sp³-hybridized carbons (Fsp3) is 0.300. The van der Waals surface area contributed by atoms with Crippen molar-refractivity contribution in [1.82, 2.24) is 9.97 Å². The smallest absolute Gasteiger partial charge is 0.199 e. The van der Waals surface area contributed by atoms with Crippen LogP contribution in [0.4, 0.5) is 11.5 Å². The Labute approximate surface area is 170 Å². The van der Waals surface area contributed by atoms with Crippen LogP contribution in [0.3, 0.4) is 0 Å². The minimum Gasteiger partial charge on any atom is -0.508 e. The van der Waals surface area contributed by atoms with Crippen LogP contribution in [0.2, 0.25) is 0 Å². The number of halogens is 1. The molecule has 8 heteroatoms. The quantitative estimate of drug-likeness (QED) is 0.585. The van der Waals surface area contributed by atoms with Gasteiger partial charge in [-0.1, -0.05) is 0 Å². The zero-order valence-electron chi connectivity index (χ0n) is 15.3. The van der Waals surface area contributed by atoms with Crippen LogP contribution >= 0.6 is 15.9 Å². The molecule has 0 bridgehead atoms. The number of nitrogens with one attached hydrogen (secondary N) is 1. The number of hydrogen-bond donors (Lipinski definition) is 2. The van der Waals surface area contributed by atoms with Gasteiger partial charge in [0.2, 0.25) is 0 Å². The van der Waals surface area contributed by atoms with Gasteiger partial charge in [-0.15, -0.1) is 0 Å². The summed E-state index contributed by atoms with van der Waals surface area (Å²) in [6.07, 6.45) is 3.96. The summed E-state index contributed by atoms with van der Waals surface area (Å²) in [5, 5.41) is 14.1. The maximum atomic E-state index is 10.1. The Kier molecular flexibility index (Phi) is 5.50. The second kappa shape index (κ2) is 8.20. The molecule has 28 heavy (non-hydrogen) atoms. The van der Waals surface area contributed by atoms with Crippen LogP contribution in [0.1, 0.15) is 19.3 Å². The van der Waals surface area contributed by atoms with E-state index >= 15 is 0 Å². The van der Waals surface area contributed by atoms with Crippen molar-refractivity contribution < 1.29 is 19.3 Å². The Morgan fingerprint density at radius 1 is 1.21 bits per heavy atom. The van der Waals surface area contributed by atoms with E-state index in [2.05, 4.69) is 31.2 Å². The average Bonchev–Trinajstić information content (AvgIpc) is 2.70. The number of benzene rings is 2. The second-order valence-corrected chi connectivity index (χ2v) is 7.30. The number of aromatic nitrogens is 2. The van der Waals surface area contributed by atoms with E-state index < -0.39 is 0 Å². The molecule has 1 fully saturated rings. The molecular weight excluding hydrogens is 426 g/mol. The van der Waals surface area contributed by atoms with Gasteiger partial charge in [0.1, 0.15) is 29.4 Å². The Morgan fingerprint density at radius 3 is 2.89 bits per heavy atom. The first-order valence-corrected chi connectivity index (χ1v) is 9.80. The molecule has 1 unspecified atom stereocenters. The van der Waals surface area contributed by atoms with Gasteiger partial charge in [-0.3, -0.25) is 0 Å². The first-order valence-electron chi connectivity index (χ1n) is 9.00. The molecule has 0 spiro atoms. The van der Waals surface area contributed by atoms with Crippen LogP contribution in [-0.2, 0) is 4.74 Å². The summed E-state index contributed by atoms with van der Waals surface area (Å²) in [4.78, 5) is 8.68. The number of anilines is 2. The Hall–Kier alpha value is -2.58. The zero-order valence-corrected chi connectivity index (χ0v) is 16.9. The van der Waals surface area contributed by atoms with Crippen molar-refractivity contribution in [2.45, 2.75) is 25.6 Å². The van der Waals surface area contributed by atoms with E-state index in [0.29, 0.717) is 34.8 Å². The summed E-state index contributed by atoms with van der Waals surface area (Å²) in [6, 6.07) is 8.76. The van der Waals surface area contributed by atoms with E-state index in [-0.39, 0.29) is 12.0 Å². The second-order valence-electron chi connectivity index (χ2n) is 6.45. The van der Waals surface area contributed by atoms with Gasteiger partial charge in [0, 0.05) is 29.1 Å². The SMILES string of the molecule is COc1ccc(Br)c(Nc2ncnc3cc(O)cc(OC4CCCCO4)c23)c1. The molecule has 0 saturated carbocycles. The number of fused-ring (bicyclic) bond motifs is 1. The molecule has 3 aromatic rings. The fourth-order valence-corrected chi connectivity index (χ4v) is 3.47. The summed E-state index contributed by atoms with van der Waals surface area (Å²) in [7, 11) is 1.62. The number of ether oxygens (including phenoxy) is 3. The number of rotatable bonds is 5. The standard InChI is InChI=1S/C20H20BrN3O4/c1-26-13-5-6-14(21)15(10-13)24-20-19-16(22-11-23-20)8-12(25)9-17(19)28-18-4-2-3-7-27-18/h5-6,8-11,18,25H,2-4,7H2,1H3,(H,22,23,24). The van der Waals surface area contributed by atoms with Crippen molar-refractivity contribution >= 4 is 38.3 Å². The Balaban J connectivity index is 1.76. The third kappa shape index (κ3) is 3.98. The maximum Gasteiger partial charge on any atom is 0.199 e. The Morgan fingerprint density at radius 2 is 2.11 bits per heavy atom. The van der Waals surface area contributed by atoms with Crippen LogP contribution in [0, 0.1) is 0 Å². The Bertz CT molecular complexity index is 993. The van der Waals surface area contributed by atoms with E-state index in [1.807, 2.05) is 18.2 Å². The van der Waals surface area contributed by atoms with Crippen LogP contribution < -0.4 is 14.8 Å². The van der Waals surface area contributed by atoms with Gasteiger partial charge in [0.15, 0.2) is 6.29 Å². The van der Waals surface area contributed by atoms with Gasteiger partial charge >= 0.3 is 0 Å². The number of methoxy groups -OCH3 is 1. The number of phenols is 1. The molecule has 1 aromatic heterocycles. The number of nitrogens with zero attached hydrogens (tertiary/aromatic N) is 2. The molecular formula is C20H20BrN3O4. The van der Waals surface area contributed by atoms with Gasteiger partial charge in [-0.05, 0) is 40.9 Å². The van der Waals surface area contributed by atoms with Crippen LogP contribution in [0.15, 0.2) is 41.1 Å². The lowest BCUT2D eigenvalue weighted by Crippen LogP contribution is -2.25. The average molecular weight is 446 g/mol. The normalized spacial score (nSPS) is 16.7. The topological polar surface area (TPSA) is 85.7 Å². The summed E-state index contributed by atoms with van der Waals surface area (Å²) in [6.45, 7) is 0.666. The third-order valence-electron chi connectivity index (χ3n) is 4.51. The highest BCUT2D eigenvalue weighted by molar-refractivity contribution is 9.10. The highest BCUT2D eigenvalue weighted by atomic mass is 79.9. The first-order chi connectivity index (χ1) is 13.6. The van der Waals surface area contributed by atoms with Crippen molar-refractivity contribution in [2.24, 2.45) is 0 Å². The highest BCUT2D eigenvalue weighted by Gasteiger charge is 2.20. The van der Waals surface area contributed by atoms with E-state index in [0.717, 1.165) is 29.4 Å². The summed E-state index contributed by atoms with van der Waals surface area (Å²) < 4.78 is 17.9. The summed E-state index contributed by atoms with van der Waals surface area (Å²) in [5.41, 5.74) is 1.36. The van der Waals surface area contributed by atoms with Gasteiger partial charge in [0.05, 0.1) is 30.3 Å². The lowest BCUT2D eigenvalue weighted by Gasteiger charge is -2.24. The van der Waals surface area contributed by atoms with Gasteiger partial charge in [-0.2, -0.15) is 0 Å². The number of hydrogen-bond acceptors (Lipinski definition) is 7. The van der Waals surface area contributed by atoms with Crippen molar-refractivity contribution in [3.05, 3.63) is 41.1 Å². The van der Waals surface area contributed by atoms with Crippen LogP contribution in [0.25, 0.3) is 10.9 Å². The molecule has 2 aromatic carbocycles. The van der Waals surface area contributed by atoms with Crippen molar-refractivity contribution in [1.29, 1.82) is 0 Å². The lowest BCUT2D eigenvalue weighted by atomic mass is 10.1. The molecule has 146 valence electrons. The van der Waals surface area contributed by atoms with E-state index in [1.165, 1.54) is 6.33 Å². The molecule has 2 N–H and O–H groups in total. The van der Waals surface area contributed by atoms with Crippen LogP contribution in [-0.4, -0.2) is 35.1 Å². The zero-order chi connectivity index (χ0) is 19.5. The van der Waals surface area contributed by atoms with Crippen molar-refractivity contribution in [3.63, 3.8) is 0 Å². The molecule has 4 rings (SSSR count). The highest BCUT2D eigenvalue weighted by Crippen LogP contribution is 2.38. The summed E-state index contributed by atoms with van der Waals surface area (Å²) >= 11 is 3.54. The molecule has 1 aliphatic rings. The lowest BCUT2D eigenvalue weighted by molar-refractivity contribution is -0.105. The minimum absolute atomic E-state index is 0.0746. The van der Waals surface area contributed by atoms with Gasteiger partial charge < -0.3 is 24.6 Å². The predicted octanol–water partition coefficient (Wildman–Crippen LogP) is 4.76. The van der Waals surface area contributed by atoms with E-state index in [1.54, 1.807) is 19.2 Å². The first kappa shape index (κ1) is 18.8. The molecule has 2 heterocycles. The predicted molar refractivity (Wildman–Crippen MR) is 109 cm³/mol. The molecule has 0 radical (unpaired) electrons. The number of phenolic OH excluding ortho intramolecular Hbond substituents is 1. The van der Waals surface area contributed by atoms with Gasteiger partial charge in [-0.25, -0.2) is 9.97 Å². The molecule has 1 aliphatic heterocycles. The molecule has 1 saturated heterocycles. The van der Waals surface area contributed by atoms with E-state index in [4.69, 9.17) is 14.2 Å². The molecule has 0 aliphatic carbocycles. The summed E-state index contributed by atoms with van der Waals surface area (Å²) in [5.74, 6) is 1.83. The van der Waals surface area contributed by atoms with E-state index in [9.17, 15) is 5.11 Å². The largest absolute Gasteiger partial charge is 0.508 e. The monoisotopic (exact) mass is 445 g/mol. The van der Waals surface area contributed by atoms with Crippen molar-refractivity contribution in [3.8, 4) is 17.2 Å². The van der Waals surface area contributed by atoms with Crippen LogP contribution in [0.5, 0.6) is 17.2 Å². The molecule has 0 amide bonds. The fourth-order valence-electron chi connectivity index (χ4n) is 3.13. The maximum absolute atomic E-state index is 10.1. The molecule has 7 nitrogen and oxygen atoms in total. The van der Waals surface area contributed by atoms with Crippen molar-refractivity contribution in [2.75, 3.05) is 19.0 Å². The molecule has 1 atom stereocenters. The minimum atomic E-state index is -0.352. The van der Waals surface area contributed by atoms with Gasteiger partial charge in [0.25, 0.3) is 0 Å².